The second-order valence-corrected chi connectivity index (χ2v) is 3.78. The fourth-order valence-electron chi connectivity index (χ4n) is 2.32. The van der Waals surface area contributed by atoms with E-state index in [0.717, 1.165) is 6.04 Å². The maximum absolute atomic E-state index is 3.45. The summed E-state index contributed by atoms with van der Waals surface area (Å²) in [6.07, 6.45) is 6.43. The van der Waals surface area contributed by atoms with Gasteiger partial charge in [0, 0.05) is 18.0 Å². The molecule has 1 unspecified atom stereocenters. The van der Waals surface area contributed by atoms with Gasteiger partial charge >= 0.3 is 0 Å². The maximum atomic E-state index is 3.45. The summed E-state index contributed by atoms with van der Waals surface area (Å²) in [4.78, 5) is 0. The summed E-state index contributed by atoms with van der Waals surface area (Å²) in [7, 11) is 0. The maximum Gasteiger partial charge on any atom is 0.0286 e. The van der Waals surface area contributed by atoms with Crippen molar-refractivity contribution in [3.63, 3.8) is 0 Å². The van der Waals surface area contributed by atoms with Gasteiger partial charge in [0.05, 0.1) is 0 Å². The Balaban J connectivity index is 2.11. The fraction of sp³-hybridized carbons (Fsp3) is 0.800. The van der Waals surface area contributed by atoms with Gasteiger partial charge in [0.2, 0.25) is 0 Å². The van der Waals surface area contributed by atoms with Gasteiger partial charge in [-0.3, -0.25) is 0 Å². The summed E-state index contributed by atoms with van der Waals surface area (Å²) < 4.78 is 0. The highest BCUT2D eigenvalue weighted by Gasteiger charge is 2.55. The molecule has 62 valence electrons. The molecule has 2 fully saturated rings. The molecule has 1 saturated carbocycles. The van der Waals surface area contributed by atoms with Crippen molar-refractivity contribution in [1.29, 1.82) is 0 Å². The molecule has 0 amide bonds. The quantitative estimate of drug-likeness (QED) is 0.484. The molecular formula is C10H17N. The van der Waals surface area contributed by atoms with E-state index >= 15 is 0 Å². The van der Waals surface area contributed by atoms with Crippen LogP contribution in [-0.2, 0) is 0 Å². The van der Waals surface area contributed by atoms with Gasteiger partial charge in [0.15, 0.2) is 0 Å². The van der Waals surface area contributed by atoms with E-state index in [2.05, 4.69) is 25.2 Å². The molecule has 1 saturated heterocycles. The van der Waals surface area contributed by atoms with Crippen molar-refractivity contribution in [2.45, 2.75) is 39.2 Å². The second kappa shape index (κ2) is 2.34. The Hall–Kier alpha value is -0.300. The van der Waals surface area contributed by atoms with Crippen molar-refractivity contribution < 1.29 is 0 Å². The minimum absolute atomic E-state index is 0.628. The molecule has 0 radical (unpaired) electrons. The zero-order valence-electron chi connectivity index (χ0n) is 7.48. The molecule has 1 atom stereocenters. The molecule has 1 heteroatoms. The van der Waals surface area contributed by atoms with Crippen LogP contribution in [0.2, 0.25) is 0 Å². The van der Waals surface area contributed by atoms with E-state index < -0.39 is 0 Å². The van der Waals surface area contributed by atoms with Crippen molar-refractivity contribution in [3.8, 4) is 0 Å². The Morgan fingerprint density at radius 2 is 2.27 bits per heavy atom. The third kappa shape index (κ3) is 1.02. The molecule has 0 spiro atoms. The predicted molar refractivity (Wildman–Crippen MR) is 47.5 cm³/mol. The number of nitrogens with one attached hydrogen (secondary N) is 1. The van der Waals surface area contributed by atoms with Gasteiger partial charge in [-0.25, -0.2) is 0 Å². The van der Waals surface area contributed by atoms with Crippen LogP contribution in [0.15, 0.2) is 11.6 Å². The van der Waals surface area contributed by atoms with Crippen LogP contribution in [0.5, 0.6) is 0 Å². The van der Waals surface area contributed by atoms with E-state index in [1.54, 1.807) is 5.57 Å². The van der Waals surface area contributed by atoms with Crippen LogP contribution in [0.1, 0.15) is 33.1 Å². The molecule has 1 heterocycles. The fourth-order valence-corrected chi connectivity index (χ4v) is 2.32. The number of rotatable bonds is 3. The lowest BCUT2D eigenvalue weighted by atomic mass is 9.90. The number of allylic oxidation sites excluding steroid dienone is 1. The lowest BCUT2D eigenvalue weighted by Crippen LogP contribution is -2.14. The normalized spacial score (nSPS) is 33.6. The average Bonchev–Trinajstić information content (AvgIpc) is 2.85. The van der Waals surface area contributed by atoms with Gasteiger partial charge in [-0.2, -0.15) is 0 Å². The molecular weight excluding hydrogens is 134 g/mol. The van der Waals surface area contributed by atoms with Crippen molar-refractivity contribution >= 4 is 0 Å². The Morgan fingerprint density at radius 1 is 1.64 bits per heavy atom. The molecule has 0 aromatic carbocycles. The molecule has 1 N–H and O–H groups in total. The van der Waals surface area contributed by atoms with Crippen LogP contribution in [0, 0.1) is 5.41 Å². The van der Waals surface area contributed by atoms with Crippen LogP contribution in [-0.4, -0.2) is 12.6 Å². The molecule has 2 rings (SSSR count). The smallest absolute Gasteiger partial charge is 0.0286 e. The number of hydrogen-bond acceptors (Lipinski definition) is 1. The van der Waals surface area contributed by atoms with Crippen LogP contribution in [0.3, 0.4) is 0 Å². The van der Waals surface area contributed by atoms with E-state index in [4.69, 9.17) is 0 Å². The highest BCUT2D eigenvalue weighted by molar-refractivity contribution is 5.28. The molecule has 11 heavy (non-hydrogen) atoms. The summed E-state index contributed by atoms with van der Waals surface area (Å²) in [6.45, 7) is 5.72. The van der Waals surface area contributed by atoms with Crippen LogP contribution >= 0.6 is 0 Å². The van der Waals surface area contributed by atoms with Gasteiger partial charge in [-0.15, -0.1) is 0 Å². The monoisotopic (exact) mass is 151 g/mol. The van der Waals surface area contributed by atoms with Crippen molar-refractivity contribution in [2.24, 2.45) is 5.41 Å². The molecule has 1 aliphatic carbocycles. The second-order valence-electron chi connectivity index (χ2n) is 3.78. The minimum atomic E-state index is 0.628. The van der Waals surface area contributed by atoms with E-state index in [-0.39, 0.29) is 0 Å². The van der Waals surface area contributed by atoms with Crippen LogP contribution < -0.4 is 5.32 Å². The SMILES string of the molecule is C/C=C(/CC)C1(C2CN2)CC1. The summed E-state index contributed by atoms with van der Waals surface area (Å²) in [5.74, 6) is 0. The topological polar surface area (TPSA) is 21.9 Å². The minimum Gasteiger partial charge on any atom is -0.310 e. The van der Waals surface area contributed by atoms with Crippen LogP contribution in [0.25, 0.3) is 0 Å². The standard InChI is InChI=1S/C10H17N/c1-3-8(4-2)10(5-6-10)9-7-11-9/h3,9,11H,4-7H2,1-2H3/b8-3-. The lowest BCUT2D eigenvalue weighted by molar-refractivity contribution is 0.570. The predicted octanol–water partition coefficient (Wildman–Crippen LogP) is 2.09. The molecule has 0 bridgehead atoms. The van der Waals surface area contributed by atoms with Gasteiger partial charge in [-0.05, 0) is 26.2 Å². The summed E-state index contributed by atoms with van der Waals surface area (Å²) in [5, 5.41) is 3.45. The highest BCUT2D eigenvalue weighted by Crippen LogP contribution is 2.57. The zero-order chi connectivity index (χ0) is 7.90. The van der Waals surface area contributed by atoms with E-state index in [9.17, 15) is 0 Å². The zero-order valence-corrected chi connectivity index (χ0v) is 7.48. The van der Waals surface area contributed by atoms with Gasteiger partial charge in [0.1, 0.15) is 0 Å². The van der Waals surface area contributed by atoms with Crippen molar-refractivity contribution in [2.75, 3.05) is 6.54 Å². The first-order valence-corrected chi connectivity index (χ1v) is 4.72. The summed E-state index contributed by atoms with van der Waals surface area (Å²) in [6, 6.07) is 0.841. The Kier molecular flexibility index (Phi) is 1.57. The Morgan fingerprint density at radius 3 is 2.55 bits per heavy atom. The highest BCUT2D eigenvalue weighted by atomic mass is 15.1. The first-order chi connectivity index (χ1) is 5.33. The van der Waals surface area contributed by atoms with E-state index in [0.29, 0.717) is 5.41 Å². The Labute approximate surface area is 68.9 Å². The number of hydrogen-bond donors (Lipinski definition) is 1. The third-order valence-electron chi connectivity index (χ3n) is 3.23. The summed E-state index contributed by atoms with van der Waals surface area (Å²) in [5.41, 5.74) is 2.32. The average molecular weight is 151 g/mol. The summed E-state index contributed by atoms with van der Waals surface area (Å²) >= 11 is 0. The van der Waals surface area contributed by atoms with Gasteiger partial charge in [0.25, 0.3) is 0 Å². The van der Waals surface area contributed by atoms with Crippen molar-refractivity contribution in [1.82, 2.24) is 5.32 Å². The van der Waals surface area contributed by atoms with Gasteiger partial charge in [-0.1, -0.05) is 18.6 Å². The lowest BCUT2D eigenvalue weighted by Gasteiger charge is -2.15. The molecule has 0 aromatic heterocycles. The Bertz CT molecular complexity index is 185. The molecule has 1 aliphatic heterocycles. The molecule has 1 nitrogen and oxygen atoms in total. The van der Waals surface area contributed by atoms with Crippen molar-refractivity contribution in [3.05, 3.63) is 11.6 Å². The molecule has 0 aromatic rings. The van der Waals surface area contributed by atoms with E-state index in [1.807, 2.05) is 0 Å². The largest absolute Gasteiger partial charge is 0.310 e. The van der Waals surface area contributed by atoms with E-state index in [1.165, 1.54) is 25.8 Å². The van der Waals surface area contributed by atoms with Gasteiger partial charge < -0.3 is 5.32 Å². The first kappa shape index (κ1) is 7.35. The first-order valence-electron chi connectivity index (χ1n) is 4.72. The van der Waals surface area contributed by atoms with Crippen LogP contribution in [0.4, 0.5) is 0 Å². The third-order valence-corrected chi connectivity index (χ3v) is 3.23. The molecule has 2 aliphatic rings.